The van der Waals surface area contributed by atoms with Crippen LogP contribution in [0.2, 0.25) is 0 Å². The van der Waals surface area contributed by atoms with E-state index in [9.17, 15) is 9.59 Å². The summed E-state index contributed by atoms with van der Waals surface area (Å²) in [6, 6.07) is 1.73. The minimum atomic E-state index is -0.910. The summed E-state index contributed by atoms with van der Waals surface area (Å²) >= 11 is 1.56. The molecule has 2 unspecified atom stereocenters. The largest absolute Gasteiger partial charge is 0.481 e. The molecule has 0 saturated carbocycles. The lowest BCUT2D eigenvalue weighted by molar-refractivity contribution is -0.148. The summed E-state index contributed by atoms with van der Waals surface area (Å²) < 4.78 is 5.48. The maximum absolute atomic E-state index is 13.1. The van der Waals surface area contributed by atoms with Gasteiger partial charge in [-0.05, 0) is 24.3 Å². The Morgan fingerprint density at radius 2 is 2.23 bits per heavy atom. The second-order valence-electron chi connectivity index (χ2n) is 6.56. The fourth-order valence-electron chi connectivity index (χ4n) is 3.73. The van der Waals surface area contributed by atoms with Gasteiger partial charge in [-0.15, -0.1) is 11.3 Å². The fraction of sp³-hybridized carbons (Fsp3) is 0.529. The van der Waals surface area contributed by atoms with Crippen molar-refractivity contribution in [1.29, 1.82) is 0 Å². The Morgan fingerprint density at radius 1 is 1.35 bits per heavy atom. The molecule has 2 fully saturated rings. The highest BCUT2D eigenvalue weighted by Crippen LogP contribution is 2.32. The van der Waals surface area contributed by atoms with Crippen LogP contribution in [0.5, 0.6) is 0 Å². The van der Waals surface area contributed by atoms with E-state index in [2.05, 4.69) is 14.9 Å². The van der Waals surface area contributed by atoms with Crippen molar-refractivity contribution in [3.8, 4) is 0 Å². The minimum absolute atomic E-state index is 0.0307. The van der Waals surface area contributed by atoms with Crippen molar-refractivity contribution in [3.63, 3.8) is 0 Å². The van der Waals surface area contributed by atoms with E-state index < -0.39 is 12.1 Å². The van der Waals surface area contributed by atoms with Crippen LogP contribution in [0.3, 0.4) is 0 Å². The number of aliphatic carboxylic acids is 1. The van der Waals surface area contributed by atoms with Gasteiger partial charge in [0.25, 0.3) is 0 Å². The molecular weight excluding hydrogens is 356 g/mol. The quantitative estimate of drug-likeness (QED) is 0.861. The summed E-state index contributed by atoms with van der Waals surface area (Å²) in [5.74, 6) is -0.0711. The summed E-state index contributed by atoms with van der Waals surface area (Å²) in [4.78, 5) is 37.5. The number of hydrogen-bond donors (Lipinski definition) is 1. The van der Waals surface area contributed by atoms with Crippen LogP contribution in [0.1, 0.15) is 19.3 Å². The molecule has 8 nitrogen and oxygen atoms in total. The summed E-state index contributed by atoms with van der Waals surface area (Å²) in [6.07, 6.45) is 2.72. The molecule has 4 rings (SSSR count). The van der Waals surface area contributed by atoms with Crippen molar-refractivity contribution in [2.75, 3.05) is 31.1 Å². The van der Waals surface area contributed by atoms with Gasteiger partial charge in [-0.3, -0.25) is 9.59 Å². The number of hydrogen-bond acceptors (Lipinski definition) is 7. The number of carbonyl (C=O) groups excluding carboxylic acids is 1. The molecule has 138 valence electrons. The van der Waals surface area contributed by atoms with Crippen LogP contribution in [-0.4, -0.2) is 70.2 Å². The van der Waals surface area contributed by atoms with Gasteiger partial charge in [0.2, 0.25) is 5.91 Å². The lowest BCUT2D eigenvalue weighted by Crippen LogP contribution is -2.52. The van der Waals surface area contributed by atoms with E-state index in [1.54, 1.807) is 22.6 Å². The van der Waals surface area contributed by atoms with E-state index >= 15 is 0 Å². The first-order chi connectivity index (χ1) is 12.6. The van der Waals surface area contributed by atoms with E-state index in [4.69, 9.17) is 9.84 Å². The Hall–Kier alpha value is -2.26. The molecule has 1 N–H and O–H groups in total. The Morgan fingerprint density at radius 3 is 3.08 bits per heavy atom. The topological polar surface area (TPSA) is 95.9 Å². The molecule has 2 aromatic rings. The molecule has 2 aliphatic heterocycles. The van der Waals surface area contributed by atoms with Crippen LogP contribution in [-0.2, 0) is 14.3 Å². The predicted octanol–water partition coefficient (Wildman–Crippen LogP) is 1.36. The zero-order valence-electron chi connectivity index (χ0n) is 14.2. The third-order valence-electron chi connectivity index (χ3n) is 4.90. The molecule has 2 atom stereocenters. The number of fused-ring (bicyclic) bond motifs is 1. The first kappa shape index (κ1) is 17.2. The van der Waals surface area contributed by atoms with Crippen molar-refractivity contribution in [3.05, 3.63) is 17.8 Å². The molecular formula is C17H20N4O4S. The number of thiophene rings is 1. The zero-order chi connectivity index (χ0) is 18.1. The van der Waals surface area contributed by atoms with E-state index in [1.807, 2.05) is 11.4 Å². The number of anilines is 1. The number of ether oxygens (including phenoxy) is 1. The van der Waals surface area contributed by atoms with Crippen LogP contribution < -0.4 is 4.90 Å². The van der Waals surface area contributed by atoms with Gasteiger partial charge in [0.1, 0.15) is 23.0 Å². The van der Waals surface area contributed by atoms with Gasteiger partial charge < -0.3 is 19.6 Å². The summed E-state index contributed by atoms with van der Waals surface area (Å²) in [5.41, 5.74) is 0. The molecule has 0 bridgehead atoms. The van der Waals surface area contributed by atoms with Crippen molar-refractivity contribution < 1.29 is 19.4 Å². The third kappa shape index (κ3) is 3.24. The van der Waals surface area contributed by atoms with Crippen LogP contribution in [0.15, 0.2) is 17.8 Å². The molecule has 26 heavy (non-hydrogen) atoms. The van der Waals surface area contributed by atoms with Gasteiger partial charge in [0, 0.05) is 19.6 Å². The molecule has 0 aliphatic carbocycles. The highest BCUT2D eigenvalue weighted by Gasteiger charge is 2.37. The number of carboxylic acid groups (broad SMARTS) is 1. The van der Waals surface area contributed by atoms with Crippen molar-refractivity contribution in [1.82, 2.24) is 14.9 Å². The number of rotatable bonds is 4. The standard InChI is InChI=1S/C17H20N4O4S/c22-14(23)8-11-9-20(5-6-25-11)17(24)13-2-1-4-21(13)15-12-3-7-26-16(12)19-10-18-15/h3,7,10-11,13H,1-2,4-6,8-9H2,(H,22,23). The maximum Gasteiger partial charge on any atom is 0.306 e. The van der Waals surface area contributed by atoms with Gasteiger partial charge in [-0.25, -0.2) is 9.97 Å². The average Bonchev–Trinajstić information content (AvgIpc) is 3.29. The second kappa shape index (κ2) is 7.16. The second-order valence-corrected chi connectivity index (χ2v) is 7.46. The number of morpholine rings is 1. The number of carbonyl (C=O) groups is 2. The molecule has 0 aromatic carbocycles. The lowest BCUT2D eigenvalue weighted by Gasteiger charge is -2.36. The fourth-order valence-corrected chi connectivity index (χ4v) is 4.46. The Bertz CT molecular complexity index is 826. The van der Waals surface area contributed by atoms with Crippen molar-refractivity contribution in [2.45, 2.75) is 31.4 Å². The Kier molecular flexibility index (Phi) is 4.73. The monoisotopic (exact) mass is 376 g/mol. The van der Waals surface area contributed by atoms with E-state index in [1.165, 1.54) is 0 Å². The van der Waals surface area contributed by atoms with Crippen molar-refractivity contribution >= 4 is 39.2 Å². The summed E-state index contributed by atoms with van der Waals surface area (Å²) in [7, 11) is 0. The van der Waals surface area contributed by atoms with Crippen LogP contribution in [0, 0.1) is 0 Å². The van der Waals surface area contributed by atoms with Gasteiger partial charge in [0.05, 0.1) is 24.5 Å². The first-order valence-corrected chi connectivity index (χ1v) is 9.58. The number of carboxylic acids is 1. The van der Waals surface area contributed by atoms with Gasteiger partial charge in [0.15, 0.2) is 0 Å². The van der Waals surface area contributed by atoms with Crippen LogP contribution in [0.25, 0.3) is 10.2 Å². The molecule has 2 aromatic heterocycles. The van der Waals surface area contributed by atoms with E-state index in [0.717, 1.165) is 35.4 Å². The SMILES string of the molecule is O=C(O)CC1CN(C(=O)C2CCCN2c2ncnc3sccc23)CCO1. The van der Waals surface area contributed by atoms with E-state index in [-0.39, 0.29) is 18.4 Å². The average molecular weight is 376 g/mol. The zero-order valence-corrected chi connectivity index (χ0v) is 15.0. The number of nitrogens with zero attached hydrogens (tertiary/aromatic N) is 4. The van der Waals surface area contributed by atoms with E-state index in [0.29, 0.717) is 19.7 Å². The Labute approximate surface area is 154 Å². The summed E-state index contributed by atoms with van der Waals surface area (Å²) in [5, 5.41) is 11.9. The van der Waals surface area contributed by atoms with Gasteiger partial charge in [-0.2, -0.15) is 0 Å². The first-order valence-electron chi connectivity index (χ1n) is 8.70. The molecule has 1 amide bonds. The van der Waals surface area contributed by atoms with Crippen LogP contribution in [0.4, 0.5) is 5.82 Å². The maximum atomic E-state index is 13.1. The normalized spacial score (nSPS) is 23.5. The van der Waals surface area contributed by atoms with Gasteiger partial charge >= 0.3 is 5.97 Å². The minimum Gasteiger partial charge on any atom is -0.481 e. The highest BCUT2D eigenvalue weighted by molar-refractivity contribution is 7.16. The lowest BCUT2D eigenvalue weighted by atomic mass is 10.1. The molecule has 2 aliphatic rings. The van der Waals surface area contributed by atoms with Gasteiger partial charge in [-0.1, -0.05) is 0 Å². The Balaban J connectivity index is 1.53. The molecule has 4 heterocycles. The summed E-state index contributed by atoms with van der Waals surface area (Å²) in [6.45, 7) is 1.98. The molecule has 9 heteroatoms. The smallest absolute Gasteiger partial charge is 0.306 e. The van der Waals surface area contributed by atoms with Crippen LogP contribution >= 0.6 is 11.3 Å². The molecule has 2 saturated heterocycles. The number of amides is 1. The number of aromatic nitrogens is 2. The van der Waals surface area contributed by atoms with Crippen molar-refractivity contribution in [2.24, 2.45) is 0 Å². The highest BCUT2D eigenvalue weighted by atomic mass is 32.1. The predicted molar refractivity (Wildman–Crippen MR) is 96.4 cm³/mol. The molecule has 0 spiro atoms. The molecule has 0 radical (unpaired) electrons. The third-order valence-corrected chi connectivity index (χ3v) is 5.72.